The van der Waals surface area contributed by atoms with Gasteiger partial charge in [0.2, 0.25) is 5.91 Å². The molecule has 26 heavy (non-hydrogen) atoms. The zero-order valence-electron chi connectivity index (χ0n) is 14.8. The van der Waals surface area contributed by atoms with Crippen molar-refractivity contribution in [3.05, 3.63) is 48.4 Å². The lowest BCUT2D eigenvalue weighted by Crippen LogP contribution is -2.45. The van der Waals surface area contributed by atoms with Crippen LogP contribution in [0.5, 0.6) is 0 Å². The Morgan fingerprint density at radius 3 is 2.96 bits per heavy atom. The van der Waals surface area contributed by atoms with Gasteiger partial charge in [0.25, 0.3) is 0 Å². The summed E-state index contributed by atoms with van der Waals surface area (Å²) in [6.45, 7) is 3.48. The maximum Gasteiger partial charge on any atom is 0.248 e. The van der Waals surface area contributed by atoms with Gasteiger partial charge in [0.05, 0.1) is 17.5 Å². The van der Waals surface area contributed by atoms with Gasteiger partial charge in [-0.25, -0.2) is 9.97 Å². The van der Waals surface area contributed by atoms with Crippen molar-refractivity contribution in [3.8, 4) is 21.3 Å². The fourth-order valence-electron chi connectivity index (χ4n) is 3.09. The smallest absolute Gasteiger partial charge is 0.248 e. The first kappa shape index (κ1) is 16.9. The molecule has 1 saturated heterocycles. The second-order valence-electron chi connectivity index (χ2n) is 6.46. The van der Waals surface area contributed by atoms with Crippen LogP contribution in [0, 0.1) is 6.92 Å². The number of benzene rings is 1. The minimum absolute atomic E-state index is 0.0254. The lowest BCUT2D eigenvalue weighted by molar-refractivity contribution is -0.147. The van der Waals surface area contributed by atoms with Crippen molar-refractivity contribution in [3.63, 3.8) is 0 Å². The first-order valence-corrected chi connectivity index (χ1v) is 9.32. The van der Waals surface area contributed by atoms with Crippen LogP contribution in [-0.4, -0.2) is 51.6 Å². The molecule has 0 aliphatic carbocycles. The Kier molecular flexibility index (Phi) is 4.57. The third-order valence-electron chi connectivity index (χ3n) is 4.56. The van der Waals surface area contributed by atoms with E-state index < -0.39 is 0 Å². The second kappa shape index (κ2) is 7.01. The zero-order chi connectivity index (χ0) is 18.1. The molecule has 4 rings (SSSR count). The van der Waals surface area contributed by atoms with E-state index >= 15 is 0 Å². The monoisotopic (exact) mass is 368 g/mol. The highest BCUT2D eigenvalue weighted by molar-refractivity contribution is 7.18. The normalized spacial score (nSPS) is 17.7. The summed E-state index contributed by atoms with van der Waals surface area (Å²) in [6.07, 6.45) is 5.58. The summed E-state index contributed by atoms with van der Waals surface area (Å²) >= 11 is 1.64. The van der Waals surface area contributed by atoms with E-state index in [1.165, 1.54) is 5.56 Å². The lowest BCUT2D eigenvalue weighted by atomic mass is 10.1. The average molecular weight is 368 g/mol. The number of hydrogen-bond acceptors (Lipinski definition) is 5. The van der Waals surface area contributed by atoms with Gasteiger partial charge >= 0.3 is 0 Å². The number of aromatic nitrogens is 3. The maximum absolute atomic E-state index is 11.6. The molecule has 1 unspecified atom stereocenters. The number of amides is 1. The molecule has 1 atom stereocenters. The zero-order valence-corrected chi connectivity index (χ0v) is 15.6. The molecule has 2 aromatic heterocycles. The topological polar surface area (TPSA) is 60.2 Å². The van der Waals surface area contributed by atoms with Crippen LogP contribution in [0.15, 0.2) is 42.9 Å². The highest BCUT2D eigenvalue weighted by Crippen LogP contribution is 2.32. The first-order chi connectivity index (χ1) is 12.6. The van der Waals surface area contributed by atoms with Gasteiger partial charge < -0.3 is 14.2 Å². The van der Waals surface area contributed by atoms with E-state index in [4.69, 9.17) is 4.74 Å². The van der Waals surface area contributed by atoms with Crippen LogP contribution in [0.3, 0.4) is 0 Å². The van der Waals surface area contributed by atoms with Gasteiger partial charge in [-0.3, -0.25) is 4.79 Å². The molecule has 6 nitrogen and oxygen atoms in total. The molecule has 0 N–H and O–H groups in total. The number of aryl methyl sites for hydroxylation is 1. The lowest BCUT2D eigenvalue weighted by Gasteiger charge is -2.30. The Labute approximate surface area is 156 Å². The Balaban J connectivity index is 1.56. The van der Waals surface area contributed by atoms with Crippen molar-refractivity contribution >= 4 is 17.2 Å². The SMILES string of the molecule is Cc1ccccc1-c1ncc(-c2nccn2CC2CN(C)C(=O)CO2)s1. The van der Waals surface area contributed by atoms with E-state index in [2.05, 4.69) is 33.6 Å². The van der Waals surface area contributed by atoms with Crippen molar-refractivity contribution in [2.75, 3.05) is 20.2 Å². The van der Waals surface area contributed by atoms with Crippen LogP contribution in [0.4, 0.5) is 0 Å². The standard InChI is InChI=1S/C19H20N4O2S/c1-13-5-3-4-6-15(13)19-21-9-16(26-19)18-20-7-8-23(18)11-14-10-22(2)17(24)12-25-14/h3-9,14H,10-12H2,1-2H3. The number of rotatable bonds is 4. The second-order valence-corrected chi connectivity index (χ2v) is 7.49. The molecule has 134 valence electrons. The maximum atomic E-state index is 11.6. The van der Waals surface area contributed by atoms with Crippen LogP contribution in [0.1, 0.15) is 5.56 Å². The third kappa shape index (κ3) is 3.27. The van der Waals surface area contributed by atoms with E-state index in [1.807, 2.05) is 31.6 Å². The molecule has 1 fully saturated rings. The van der Waals surface area contributed by atoms with Crippen LogP contribution in [-0.2, 0) is 16.1 Å². The van der Waals surface area contributed by atoms with E-state index in [0.717, 1.165) is 21.3 Å². The summed E-state index contributed by atoms with van der Waals surface area (Å²) in [6, 6.07) is 8.25. The van der Waals surface area contributed by atoms with E-state index in [0.29, 0.717) is 13.1 Å². The summed E-state index contributed by atoms with van der Waals surface area (Å²) in [4.78, 5) is 23.4. The van der Waals surface area contributed by atoms with Gasteiger partial charge in [-0.05, 0) is 12.5 Å². The fraction of sp³-hybridized carbons (Fsp3) is 0.316. The number of carbonyl (C=O) groups is 1. The Bertz CT molecular complexity index is 933. The van der Waals surface area contributed by atoms with Crippen LogP contribution in [0.2, 0.25) is 0 Å². The van der Waals surface area contributed by atoms with Gasteiger partial charge in [-0.2, -0.15) is 0 Å². The van der Waals surface area contributed by atoms with Gasteiger partial charge in [-0.1, -0.05) is 24.3 Å². The molecular formula is C19H20N4O2S. The van der Waals surface area contributed by atoms with Crippen molar-refractivity contribution < 1.29 is 9.53 Å². The number of ether oxygens (including phenoxy) is 1. The molecule has 1 aliphatic heterocycles. The highest BCUT2D eigenvalue weighted by Gasteiger charge is 2.24. The molecular weight excluding hydrogens is 348 g/mol. The predicted molar refractivity (Wildman–Crippen MR) is 101 cm³/mol. The van der Waals surface area contributed by atoms with Crippen LogP contribution >= 0.6 is 11.3 Å². The van der Waals surface area contributed by atoms with Crippen molar-refractivity contribution in [2.45, 2.75) is 19.6 Å². The molecule has 0 saturated carbocycles. The van der Waals surface area contributed by atoms with E-state index in [-0.39, 0.29) is 18.6 Å². The molecule has 0 bridgehead atoms. The number of nitrogens with zero attached hydrogens (tertiary/aromatic N) is 4. The number of morpholine rings is 1. The Morgan fingerprint density at radius 1 is 1.31 bits per heavy atom. The molecule has 1 aromatic carbocycles. The highest BCUT2D eigenvalue weighted by atomic mass is 32.1. The number of likely N-dealkylation sites (N-methyl/N-ethyl adjacent to an activating group) is 1. The minimum atomic E-state index is -0.0330. The molecule has 3 aromatic rings. The van der Waals surface area contributed by atoms with Gasteiger partial charge in [0.15, 0.2) is 5.82 Å². The summed E-state index contributed by atoms with van der Waals surface area (Å²) in [7, 11) is 1.81. The van der Waals surface area contributed by atoms with Crippen molar-refractivity contribution in [2.24, 2.45) is 0 Å². The molecule has 1 amide bonds. The van der Waals surface area contributed by atoms with Crippen molar-refractivity contribution in [1.29, 1.82) is 0 Å². The summed E-state index contributed by atoms with van der Waals surface area (Å²) < 4.78 is 7.74. The number of imidazole rings is 1. The minimum Gasteiger partial charge on any atom is -0.365 e. The van der Waals surface area contributed by atoms with Gasteiger partial charge in [-0.15, -0.1) is 11.3 Å². The molecule has 0 spiro atoms. The number of thiazole rings is 1. The van der Waals surface area contributed by atoms with Gasteiger partial charge in [0, 0.05) is 37.7 Å². The molecule has 1 aliphatic rings. The number of carbonyl (C=O) groups excluding carboxylic acids is 1. The van der Waals surface area contributed by atoms with Gasteiger partial charge in [0.1, 0.15) is 11.6 Å². The Morgan fingerprint density at radius 2 is 2.15 bits per heavy atom. The van der Waals surface area contributed by atoms with Crippen LogP contribution in [0.25, 0.3) is 21.3 Å². The quantitative estimate of drug-likeness (QED) is 0.710. The fourth-order valence-corrected chi connectivity index (χ4v) is 4.11. The third-order valence-corrected chi connectivity index (χ3v) is 5.59. The first-order valence-electron chi connectivity index (χ1n) is 8.50. The predicted octanol–water partition coefficient (Wildman–Crippen LogP) is 2.84. The molecule has 7 heteroatoms. The summed E-state index contributed by atoms with van der Waals surface area (Å²) in [5, 5.41) is 0.992. The average Bonchev–Trinajstić information content (AvgIpc) is 3.28. The summed E-state index contributed by atoms with van der Waals surface area (Å²) in [5.74, 6) is 0.905. The van der Waals surface area contributed by atoms with Crippen molar-refractivity contribution in [1.82, 2.24) is 19.4 Å². The van der Waals surface area contributed by atoms with E-state index in [1.54, 1.807) is 22.4 Å². The number of hydrogen-bond donors (Lipinski definition) is 0. The summed E-state index contributed by atoms with van der Waals surface area (Å²) in [5.41, 5.74) is 2.36. The largest absolute Gasteiger partial charge is 0.365 e. The van der Waals surface area contributed by atoms with E-state index in [9.17, 15) is 4.79 Å². The Hall–Kier alpha value is -2.51. The van der Waals surface area contributed by atoms with Crippen LogP contribution < -0.4 is 0 Å². The molecule has 3 heterocycles. The molecule has 0 radical (unpaired) electrons.